The van der Waals surface area contributed by atoms with Crippen LogP contribution >= 0.6 is 0 Å². The molecule has 25 heavy (non-hydrogen) atoms. The maximum atomic E-state index is 13.7. The highest BCUT2D eigenvalue weighted by Crippen LogP contribution is 2.18. The number of rotatable bonds is 4. The van der Waals surface area contributed by atoms with Gasteiger partial charge in [-0.2, -0.15) is 0 Å². The molecule has 1 fully saturated rings. The fourth-order valence-corrected chi connectivity index (χ4v) is 2.97. The number of hydrogen-bond donors (Lipinski definition) is 1. The zero-order chi connectivity index (χ0) is 17.8. The molecular formula is C19H19F3N2O. The van der Waals surface area contributed by atoms with Gasteiger partial charge < -0.3 is 5.32 Å². The van der Waals surface area contributed by atoms with Crippen LogP contribution in [0.25, 0.3) is 0 Å². The van der Waals surface area contributed by atoms with Crippen LogP contribution in [0.4, 0.5) is 18.9 Å². The van der Waals surface area contributed by atoms with Crippen LogP contribution in [-0.4, -0.2) is 23.9 Å². The minimum Gasteiger partial charge on any atom is -0.322 e. The van der Waals surface area contributed by atoms with Gasteiger partial charge in [0.25, 0.3) is 5.91 Å². The molecule has 3 rings (SSSR count). The Labute approximate surface area is 144 Å². The molecule has 2 aromatic rings. The van der Waals surface area contributed by atoms with Crippen molar-refractivity contribution >= 4 is 11.6 Å². The molecule has 0 aromatic heterocycles. The Hall–Kier alpha value is -2.34. The number of nitrogens with zero attached hydrogens (tertiary/aromatic N) is 1. The van der Waals surface area contributed by atoms with Crippen molar-refractivity contribution in [3.8, 4) is 0 Å². The van der Waals surface area contributed by atoms with Crippen molar-refractivity contribution in [2.75, 3.05) is 18.4 Å². The number of halogens is 3. The van der Waals surface area contributed by atoms with Gasteiger partial charge in [-0.3, -0.25) is 9.69 Å². The Morgan fingerprint density at radius 1 is 0.920 bits per heavy atom. The van der Waals surface area contributed by atoms with Gasteiger partial charge in [-0.15, -0.1) is 0 Å². The van der Waals surface area contributed by atoms with Gasteiger partial charge in [0.05, 0.1) is 5.56 Å². The van der Waals surface area contributed by atoms with Crippen molar-refractivity contribution in [3.63, 3.8) is 0 Å². The SMILES string of the molecule is O=C(Nc1ccc(CN2CCCCC2)cc1)c1ccc(F)c(F)c1F. The van der Waals surface area contributed by atoms with E-state index in [1.165, 1.54) is 19.3 Å². The Balaban J connectivity index is 1.65. The Kier molecular flexibility index (Phi) is 5.38. The smallest absolute Gasteiger partial charge is 0.258 e. The molecule has 132 valence electrons. The number of hydrogen-bond acceptors (Lipinski definition) is 2. The van der Waals surface area contributed by atoms with Crippen LogP contribution in [0.1, 0.15) is 35.2 Å². The second-order valence-corrected chi connectivity index (χ2v) is 6.21. The van der Waals surface area contributed by atoms with E-state index in [2.05, 4.69) is 10.2 Å². The first-order chi connectivity index (χ1) is 12.0. The summed E-state index contributed by atoms with van der Waals surface area (Å²) < 4.78 is 39.8. The number of carbonyl (C=O) groups is 1. The van der Waals surface area contributed by atoms with Crippen LogP contribution in [-0.2, 0) is 6.54 Å². The second kappa shape index (κ2) is 7.70. The van der Waals surface area contributed by atoms with Gasteiger partial charge >= 0.3 is 0 Å². The van der Waals surface area contributed by atoms with Gasteiger partial charge in [-0.25, -0.2) is 13.2 Å². The minimum absolute atomic E-state index is 0.469. The summed E-state index contributed by atoms with van der Waals surface area (Å²) in [5.74, 6) is -5.28. The lowest BCUT2D eigenvalue weighted by Crippen LogP contribution is -2.29. The molecule has 1 aliphatic heterocycles. The maximum absolute atomic E-state index is 13.7. The highest BCUT2D eigenvalue weighted by Gasteiger charge is 2.19. The van der Waals surface area contributed by atoms with Crippen LogP contribution in [0.15, 0.2) is 36.4 Å². The molecule has 1 saturated heterocycles. The lowest BCUT2D eigenvalue weighted by Gasteiger charge is -2.26. The maximum Gasteiger partial charge on any atom is 0.258 e. The summed E-state index contributed by atoms with van der Waals surface area (Å²) in [5, 5.41) is 2.49. The molecule has 2 aromatic carbocycles. The number of benzene rings is 2. The van der Waals surface area contributed by atoms with Crippen LogP contribution in [0.5, 0.6) is 0 Å². The molecular weight excluding hydrogens is 329 g/mol. The molecule has 0 saturated carbocycles. The van der Waals surface area contributed by atoms with E-state index in [4.69, 9.17) is 0 Å². The molecule has 0 radical (unpaired) electrons. The molecule has 6 heteroatoms. The average molecular weight is 348 g/mol. The zero-order valence-corrected chi connectivity index (χ0v) is 13.7. The third-order valence-electron chi connectivity index (χ3n) is 4.35. The molecule has 1 amide bonds. The quantitative estimate of drug-likeness (QED) is 0.834. The van der Waals surface area contributed by atoms with E-state index in [9.17, 15) is 18.0 Å². The van der Waals surface area contributed by atoms with Crippen molar-refractivity contribution in [2.24, 2.45) is 0 Å². The number of carbonyl (C=O) groups excluding carboxylic acids is 1. The highest BCUT2D eigenvalue weighted by atomic mass is 19.2. The van der Waals surface area contributed by atoms with Gasteiger partial charge in [0.1, 0.15) is 0 Å². The average Bonchev–Trinajstić information content (AvgIpc) is 2.62. The normalized spacial score (nSPS) is 15.2. The van der Waals surface area contributed by atoms with Gasteiger partial charge in [-0.05, 0) is 55.8 Å². The van der Waals surface area contributed by atoms with Crippen molar-refractivity contribution in [1.29, 1.82) is 0 Å². The molecule has 3 nitrogen and oxygen atoms in total. The van der Waals surface area contributed by atoms with E-state index in [-0.39, 0.29) is 0 Å². The predicted molar refractivity (Wildman–Crippen MR) is 89.8 cm³/mol. The van der Waals surface area contributed by atoms with Crippen molar-refractivity contribution in [2.45, 2.75) is 25.8 Å². The summed E-state index contributed by atoms with van der Waals surface area (Å²) in [4.78, 5) is 14.4. The topological polar surface area (TPSA) is 32.3 Å². The van der Waals surface area contributed by atoms with Gasteiger partial charge in [0.2, 0.25) is 0 Å². The van der Waals surface area contributed by atoms with E-state index < -0.39 is 28.9 Å². The molecule has 0 bridgehead atoms. The van der Waals surface area contributed by atoms with Crippen molar-refractivity contribution in [1.82, 2.24) is 4.90 Å². The molecule has 1 heterocycles. The van der Waals surface area contributed by atoms with Crippen LogP contribution in [0.3, 0.4) is 0 Å². The standard InChI is InChI=1S/C19H19F3N2O/c20-16-9-8-15(17(21)18(16)22)19(25)23-14-6-4-13(5-7-14)12-24-10-2-1-3-11-24/h4-9H,1-3,10-12H2,(H,23,25). The molecule has 0 aliphatic carbocycles. The summed E-state index contributed by atoms with van der Waals surface area (Å²) >= 11 is 0. The Bertz CT molecular complexity index is 756. The first kappa shape index (κ1) is 17.5. The van der Waals surface area contributed by atoms with Gasteiger partial charge in [0.15, 0.2) is 17.5 Å². The number of nitrogens with one attached hydrogen (secondary N) is 1. The van der Waals surface area contributed by atoms with Gasteiger partial charge in [0, 0.05) is 12.2 Å². The van der Waals surface area contributed by atoms with Gasteiger partial charge in [-0.1, -0.05) is 18.6 Å². The number of likely N-dealkylation sites (tertiary alicyclic amines) is 1. The molecule has 0 atom stereocenters. The van der Waals surface area contributed by atoms with Crippen molar-refractivity contribution in [3.05, 3.63) is 65.0 Å². The molecule has 1 aliphatic rings. The Morgan fingerprint density at radius 2 is 1.60 bits per heavy atom. The number of anilines is 1. The number of piperidine rings is 1. The molecule has 1 N–H and O–H groups in total. The third-order valence-corrected chi connectivity index (χ3v) is 4.35. The summed E-state index contributed by atoms with van der Waals surface area (Å²) in [7, 11) is 0. The highest BCUT2D eigenvalue weighted by molar-refractivity contribution is 6.04. The monoisotopic (exact) mass is 348 g/mol. The minimum atomic E-state index is -1.65. The van der Waals surface area contributed by atoms with E-state index >= 15 is 0 Å². The predicted octanol–water partition coefficient (Wildman–Crippen LogP) is 4.34. The second-order valence-electron chi connectivity index (χ2n) is 6.21. The third kappa shape index (κ3) is 4.20. The van der Waals surface area contributed by atoms with Crippen LogP contribution in [0.2, 0.25) is 0 Å². The first-order valence-electron chi connectivity index (χ1n) is 8.31. The molecule has 0 spiro atoms. The zero-order valence-electron chi connectivity index (χ0n) is 13.7. The fraction of sp³-hybridized carbons (Fsp3) is 0.316. The lowest BCUT2D eigenvalue weighted by molar-refractivity contribution is 0.102. The summed E-state index contributed by atoms with van der Waals surface area (Å²) in [6.07, 6.45) is 3.71. The summed E-state index contributed by atoms with van der Waals surface area (Å²) in [6, 6.07) is 8.88. The molecule has 0 unspecified atom stereocenters. The van der Waals surface area contributed by atoms with E-state index in [0.29, 0.717) is 5.69 Å². The summed E-state index contributed by atoms with van der Waals surface area (Å²) in [6.45, 7) is 3.04. The summed E-state index contributed by atoms with van der Waals surface area (Å²) in [5.41, 5.74) is 1.06. The Morgan fingerprint density at radius 3 is 2.28 bits per heavy atom. The van der Waals surface area contributed by atoms with Crippen LogP contribution in [0, 0.1) is 17.5 Å². The van der Waals surface area contributed by atoms with Crippen molar-refractivity contribution < 1.29 is 18.0 Å². The van der Waals surface area contributed by atoms with E-state index in [1.54, 1.807) is 12.1 Å². The largest absolute Gasteiger partial charge is 0.322 e. The van der Waals surface area contributed by atoms with E-state index in [0.717, 1.165) is 37.3 Å². The lowest BCUT2D eigenvalue weighted by atomic mass is 10.1. The van der Waals surface area contributed by atoms with E-state index in [1.807, 2.05) is 12.1 Å². The van der Waals surface area contributed by atoms with Crippen LogP contribution < -0.4 is 5.32 Å². The fourth-order valence-electron chi connectivity index (χ4n) is 2.97. The number of amides is 1. The first-order valence-corrected chi connectivity index (χ1v) is 8.31.